The first kappa shape index (κ1) is 14.1. The van der Waals surface area contributed by atoms with Gasteiger partial charge in [0.05, 0.1) is 19.3 Å². The van der Waals surface area contributed by atoms with Crippen LogP contribution in [-0.2, 0) is 9.47 Å². The maximum absolute atomic E-state index is 6.03. The van der Waals surface area contributed by atoms with Gasteiger partial charge in [-0.15, -0.1) is 0 Å². The standard InChI is InChI=1S/C15H21ClN2O2/c16-15-9-13(1-5-17-15)18-6-2-14(3-7-18)20-11-12-4-8-19-10-12/h1,5,9,12,14H,2-4,6-8,10-11H2. The molecular weight excluding hydrogens is 276 g/mol. The smallest absolute Gasteiger partial charge is 0.131 e. The molecule has 2 aliphatic rings. The molecule has 20 heavy (non-hydrogen) atoms. The van der Waals surface area contributed by atoms with Crippen molar-refractivity contribution in [1.82, 2.24) is 4.98 Å². The predicted molar refractivity (Wildman–Crippen MR) is 79.4 cm³/mol. The fourth-order valence-corrected chi connectivity index (χ4v) is 3.02. The van der Waals surface area contributed by atoms with Crippen LogP contribution in [0.2, 0.25) is 5.15 Å². The number of pyridine rings is 1. The molecule has 1 unspecified atom stereocenters. The van der Waals surface area contributed by atoms with Crippen molar-refractivity contribution in [3.05, 3.63) is 23.5 Å². The zero-order valence-corrected chi connectivity index (χ0v) is 12.4. The Kier molecular flexibility index (Phi) is 4.76. The Labute approximate surface area is 125 Å². The van der Waals surface area contributed by atoms with Gasteiger partial charge in [0.2, 0.25) is 0 Å². The van der Waals surface area contributed by atoms with Crippen LogP contribution in [0.1, 0.15) is 19.3 Å². The molecule has 3 heterocycles. The number of halogens is 1. The first-order chi connectivity index (χ1) is 9.81. The van der Waals surface area contributed by atoms with Crippen LogP contribution in [0, 0.1) is 5.92 Å². The molecule has 2 saturated heterocycles. The molecule has 2 fully saturated rings. The minimum atomic E-state index is 0.393. The third-order valence-corrected chi connectivity index (χ3v) is 4.32. The van der Waals surface area contributed by atoms with Gasteiger partial charge in [0, 0.05) is 37.5 Å². The number of rotatable bonds is 4. The molecule has 0 saturated carbocycles. The van der Waals surface area contributed by atoms with E-state index in [4.69, 9.17) is 21.1 Å². The molecule has 0 amide bonds. The van der Waals surface area contributed by atoms with Crippen molar-refractivity contribution in [3.8, 4) is 0 Å². The van der Waals surface area contributed by atoms with Crippen molar-refractivity contribution in [2.45, 2.75) is 25.4 Å². The summed E-state index contributed by atoms with van der Waals surface area (Å²) >= 11 is 5.94. The molecule has 110 valence electrons. The van der Waals surface area contributed by atoms with Gasteiger partial charge in [0.25, 0.3) is 0 Å². The Hall–Kier alpha value is -0.840. The Balaban J connectivity index is 1.44. The lowest BCUT2D eigenvalue weighted by Crippen LogP contribution is -2.37. The molecule has 4 nitrogen and oxygen atoms in total. The summed E-state index contributed by atoms with van der Waals surface area (Å²) in [7, 11) is 0. The molecule has 0 spiro atoms. The molecule has 1 aromatic rings. The fourth-order valence-electron chi connectivity index (χ4n) is 2.86. The quantitative estimate of drug-likeness (QED) is 0.800. The molecule has 0 aromatic carbocycles. The van der Waals surface area contributed by atoms with Gasteiger partial charge < -0.3 is 14.4 Å². The van der Waals surface area contributed by atoms with E-state index >= 15 is 0 Å². The van der Waals surface area contributed by atoms with Crippen LogP contribution in [0.3, 0.4) is 0 Å². The molecule has 0 aliphatic carbocycles. The van der Waals surface area contributed by atoms with Gasteiger partial charge in [-0.05, 0) is 31.4 Å². The second-order valence-corrected chi connectivity index (χ2v) is 5.97. The van der Waals surface area contributed by atoms with E-state index < -0.39 is 0 Å². The molecular formula is C15H21ClN2O2. The van der Waals surface area contributed by atoms with Crippen LogP contribution in [0.5, 0.6) is 0 Å². The van der Waals surface area contributed by atoms with Gasteiger partial charge >= 0.3 is 0 Å². The van der Waals surface area contributed by atoms with E-state index in [1.54, 1.807) is 6.20 Å². The maximum atomic E-state index is 6.03. The number of hydrogen-bond acceptors (Lipinski definition) is 4. The summed E-state index contributed by atoms with van der Waals surface area (Å²) in [6.07, 6.45) is 5.46. The average Bonchev–Trinajstić information content (AvgIpc) is 2.99. The van der Waals surface area contributed by atoms with Crippen molar-refractivity contribution in [1.29, 1.82) is 0 Å². The van der Waals surface area contributed by atoms with Crippen LogP contribution < -0.4 is 4.90 Å². The van der Waals surface area contributed by atoms with Crippen molar-refractivity contribution in [2.75, 3.05) is 37.8 Å². The number of piperidine rings is 1. The summed E-state index contributed by atoms with van der Waals surface area (Å²) in [5.41, 5.74) is 1.16. The lowest BCUT2D eigenvalue weighted by Gasteiger charge is -2.33. The monoisotopic (exact) mass is 296 g/mol. The summed E-state index contributed by atoms with van der Waals surface area (Å²) in [5.74, 6) is 0.604. The number of nitrogens with zero attached hydrogens (tertiary/aromatic N) is 2. The zero-order valence-electron chi connectivity index (χ0n) is 11.6. The number of hydrogen-bond donors (Lipinski definition) is 0. The normalized spacial score (nSPS) is 24.2. The molecule has 2 aliphatic heterocycles. The Morgan fingerprint density at radius 3 is 2.90 bits per heavy atom. The summed E-state index contributed by atoms with van der Waals surface area (Å²) in [6.45, 7) is 4.66. The topological polar surface area (TPSA) is 34.6 Å². The van der Waals surface area contributed by atoms with Gasteiger partial charge in [0.15, 0.2) is 0 Å². The molecule has 0 bridgehead atoms. The number of aromatic nitrogens is 1. The largest absolute Gasteiger partial charge is 0.381 e. The number of anilines is 1. The highest BCUT2D eigenvalue weighted by atomic mass is 35.5. The predicted octanol–water partition coefficient (Wildman–Crippen LogP) is 2.76. The van der Waals surface area contributed by atoms with E-state index in [1.165, 1.54) is 0 Å². The van der Waals surface area contributed by atoms with Crippen molar-refractivity contribution in [3.63, 3.8) is 0 Å². The summed E-state index contributed by atoms with van der Waals surface area (Å²) in [5, 5.41) is 0.558. The second kappa shape index (κ2) is 6.74. The van der Waals surface area contributed by atoms with Crippen LogP contribution >= 0.6 is 11.6 Å². The van der Waals surface area contributed by atoms with E-state index in [-0.39, 0.29) is 0 Å². The van der Waals surface area contributed by atoms with E-state index in [0.717, 1.165) is 57.9 Å². The fraction of sp³-hybridized carbons (Fsp3) is 0.667. The van der Waals surface area contributed by atoms with Crippen LogP contribution in [0.4, 0.5) is 5.69 Å². The van der Waals surface area contributed by atoms with Crippen molar-refractivity contribution in [2.24, 2.45) is 5.92 Å². The third kappa shape index (κ3) is 3.62. The molecule has 1 atom stereocenters. The van der Waals surface area contributed by atoms with Crippen LogP contribution in [-0.4, -0.2) is 44.0 Å². The van der Waals surface area contributed by atoms with E-state index in [9.17, 15) is 0 Å². The minimum Gasteiger partial charge on any atom is -0.381 e. The second-order valence-electron chi connectivity index (χ2n) is 5.59. The first-order valence-corrected chi connectivity index (χ1v) is 7.75. The Morgan fingerprint density at radius 2 is 2.20 bits per heavy atom. The Morgan fingerprint density at radius 1 is 1.35 bits per heavy atom. The van der Waals surface area contributed by atoms with Crippen LogP contribution in [0.25, 0.3) is 0 Å². The van der Waals surface area contributed by atoms with Gasteiger partial charge in [-0.2, -0.15) is 0 Å². The lowest BCUT2D eigenvalue weighted by atomic mass is 10.1. The summed E-state index contributed by atoms with van der Waals surface area (Å²) in [4.78, 5) is 6.38. The highest BCUT2D eigenvalue weighted by molar-refractivity contribution is 6.29. The number of ether oxygens (including phenoxy) is 2. The maximum Gasteiger partial charge on any atom is 0.131 e. The molecule has 5 heteroatoms. The van der Waals surface area contributed by atoms with Gasteiger partial charge in [0.1, 0.15) is 5.15 Å². The summed E-state index contributed by atoms with van der Waals surface area (Å²) < 4.78 is 11.4. The SMILES string of the molecule is Clc1cc(N2CCC(OCC3CCOC3)CC2)ccn1. The highest BCUT2D eigenvalue weighted by Gasteiger charge is 2.22. The van der Waals surface area contributed by atoms with Crippen molar-refractivity contribution >= 4 is 17.3 Å². The molecule has 1 aromatic heterocycles. The highest BCUT2D eigenvalue weighted by Crippen LogP contribution is 2.23. The molecule has 0 N–H and O–H groups in total. The molecule has 0 radical (unpaired) electrons. The van der Waals surface area contributed by atoms with E-state index in [2.05, 4.69) is 9.88 Å². The van der Waals surface area contributed by atoms with Gasteiger partial charge in [-0.3, -0.25) is 0 Å². The third-order valence-electron chi connectivity index (χ3n) is 4.11. The minimum absolute atomic E-state index is 0.393. The van der Waals surface area contributed by atoms with Crippen molar-refractivity contribution < 1.29 is 9.47 Å². The zero-order chi connectivity index (χ0) is 13.8. The summed E-state index contributed by atoms with van der Waals surface area (Å²) in [6, 6.07) is 3.95. The van der Waals surface area contributed by atoms with Crippen LogP contribution in [0.15, 0.2) is 18.3 Å². The van der Waals surface area contributed by atoms with E-state index in [0.29, 0.717) is 17.2 Å². The first-order valence-electron chi connectivity index (χ1n) is 7.37. The Bertz CT molecular complexity index is 430. The lowest BCUT2D eigenvalue weighted by molar-refractivity contribution is 0.0132. The van der Waals surface area contributed by atoms with E-state index in [1.807, 2.05) is 12.1 Å². The molecule has 3 rings (SSSR count). The van der Waals surface area contributed by atoms with Gasteiger partial charge in [-0.25, -0.2) is 4.98 Å². The van der Waals surface area contributed by atoms with Gasteiger partial charge in [-0.1, -0.05) is 11.6 Å². The average molecular weight is 297 g/mol.